The Balaban J connectivity index is 2.12. The SMILES string of the molecule is C=C1CC[C@@H](C)[C@](C)(CCC2=C[C@H](OC)OC2=O)C/C=C\C=C/1C(=O)O. The normalized spacial score (nSPS) is 33.0. The van der Waals surface area contributed by atoms with Crippen molar-refractivity contribution >= 4 is 11.9 Å². The number of carbonyl (C=O) groups excluding carboxylic acids is 1. The van der Waals surface area contributed by atoms with Gasteiger partial charge in [0.2, 0.25) is 6.29 Å². The summed E-state index contributed by atoms with van der Waals surface area (Å²) < 4.78 is 10.2. The van der Waals surface area contributed by atoms with Gasteiger partial charge in [-0.05, 0) is 61.2 Å². The van der Waals surface area contributed by atoms with E-state index in [0.717, 1.165) is 19.3 Å². The summed E-state index contributed by atoms with van der Waals surface area (Å²) in [5, 5.41) is 9.31. The van der Waals surface area contributed by atoms with Gasteiger partial charge in [-0.25, -0.2) is 9.59 Å². The summed E-state index contributed by atoms with van der Waals surface area (Å²) >= 11 is 0. The van der Waals surface area contributed by atoms with Crippen LogP contribution in [0.3, 0.4) is 0 Å². The van der Waals surface area contributed by atoms with Gasteiger partial charge in [-0.15, -0.1) is 0 Å². The zero-order valence-corrected chi connectivity index (χ0v) is 15.8. The van der Waals surface area contributed by atoms with Gasteiger partial charge in [-0.1, -0.05) is 32.6 Å². The highest BCUT2D eigenvalue weighted by molar-refractivity contribution is 5.92. The van der Waals surface area contributed by atoms with Crippen LogP contribution in [-0.4, -0.2) is 30.4 Å². The number of rotatable bonds is 5. The zero-order valence-electron chi connectivity index (χ0n) is 15.8. The Morgan fingerprint density at radius 2 is 2.23 bits per heavy atom. The van der Waals surface area contributed by atoms with E-state index in [4.69, 9.17) is 9.47 Å². The molecule has 0 bridgehead atoms. The molecule has 0 saturated carbocycles. The van der Waals surface area contributed by atoms with Gasteiger partial charge in [0.25, 0.3) is 0 Å². The van der Waals surface area contributed by atoms with Crippen molar-refractivity contribution < 1.29 is 24.2 Å². The number of carbonyl (C=O) groups is 2. The van der Waals surface area contributed by atoms with Gasteiger partial charge in [0, 0.05) is 12.7 Å². The van der Waals surface area contributed by atoms with Crippen molar-refractivity contribution in [2.75, 3.05) is 7.11 Å². The Morgan fingerprint density at radius 1 is 1.50 bits per heavy atom. The second kappa shape index (κ2) is 8.49. The number of hydrogen-bond acceptors (Lipinski definition) is 4. The first kappa shape index (κ1) is 20.2. The van der Waals surface area contributed by atoms with Crippen molar-refractivity contribution in [2.24, 2.45) is 11.3 Å². The molecule has 0 aromatic rings. The van der Waals surface area contributed by atoms with Gasteiger partial charge < -0.3 is 14.6 Å². The fourth-order valence-corrected chi connectivity index (χ4v) is 3.43. The highest BCUT2D eigenvalue weighted by Crippen LogP contribution is 2.41. The maximum atomic E-state index is 11.9. The van der Waals surface area contributed by atoms with Gasteiger partial charge in [0.1, 0.15) is 0 Å². The summed E-state index contributed by atoms with van der Waals surface area (Å²) in [7, 11) is 1.51. The van der Waals surface area contributed by atoms with Crippen molar-refractivity contribution in [1.29, 1.82) is 0 Å². The molecule has 0 spiro atoms. The molecule has 142 valence electrons. The summed E-state index contributed by atoms with van der Waals surface area (Å²) in [6.07, 6.45) is 10.4. The minimum absolute atomic E-state index is 0.00236. The van der Waals surface area contributed by atoms with Gasteiger partial charge in [0.15, 0.2) is 0 Å². The number of allylic oxidation sites excluding steroid dienone is 3. The molecule has 0 fully saturated rings. The lowest BCUT2D eigenvalue weighted by molar-refractivity contribution is -0.155. The largest absolute Gasteiger partial charge is 0.478 e. The lowest BCUT2D eigenvalue weighted by Gasteiger charge is -2.36. The molecular weight excluding hydrogens is 332 g/mol. The number of aliphatic carboxylic acids is 1. The number of esters is 1. The van der Waals surface area contributed by atoms with Crippen LogP contribution in [0, 0.1) is 11.3 Å². The molecule has 0 saturated heterocycles. The lowest BCUT2D eigenvalue weighted by Crippen LogP contribution is -2.26. The van der Waals surface area contributed by atoms with Crippen LogP contribution < -0.4 is 0 Å². The van der Waals surface area contributed by atoms with E-state index in [-0.39, 0.29) is 17.0 Å². The van der Waals surface area contributed by atoms with E-state index < -0.39 is 12.3 Å². The second-order valence-electron chi connectivity index (χ2n) is 7.42. The maximum absolute atomic E-state index is 11.9. The Morgan fingerprint density at radius 3 is 2.85 bits per heavy atom. The smallest absolute Gasteiger partial charge is 0.336 e. The first-order chi connectivity index (χ1) is 12.3. The van der Waals surface area contributed by atoms with Crippen molar-refractivity contribution in [1.82, 2.24) is 0 Å². The summed E-state index contributed by atoms with van der Waals surface area (Å²) in [5.41, 5.74) is 1.60. The van der Waals surface area contributed by atoms with Gasteiger partial charge in [-0.3, -0.25) is 0 Å². The molecule has 0 amide bonds. The topological polar surface area (TPSA) is 72.8 Å². The van der Waals surface area contributed by atoms with E-state index in [2.05, 4.69) is 20.4 Å². The number of methoxy groups -OCH3 is 1. The zero-order chi connectivity index (χ0) is 19.3. The Kier molecular flexibility index (Phi) is 6.59. The second-order valence-corrected chi connectivity index (χ2v) is 7.42. The van der Waals surface area contributed by atoms with Crippen LogP contribution in [0.1, 0.15) is 46.0 Å². The van der Waals surface area contributed by atoms with Gasteiger partial charge in [-0.2, -0.15) is 0 Å². The standard InChI is InChI=1S/C21H28O5/c1-14-8-9-15(2)21(3,11-6-5-7-17(14)19(22)23)12-10-16-13-18(25-4)26-20(16)24/h5-7,13,15,18H,1,8-12H2,2-4H3,(H,22,23)/b6-5-,17-7+/t15-,18-,21+/m1/s1. The molecule has 26 heavy (non-hydrogen) atoms. The van der Waals surface area contributed by atoms with Crippen LogP contribution in [0.2, 0.25) is 0 Å². The van der Waals surface area contributed by atoms with Crippen LogP contribution in [0.4, 0.5) is 0 Å². The molecular formula is C21H28O5. The summed E-state index contributed by atoms with van der Waals surface area (Å²) in [4.78, 5) is 23.3. The summed E-state index contributed by atoms with van der Waals surface area (Å²) in [5.74, 6) is -0.880. The molecule has 5 nitrogen and oxygen atoms in total. The van der Waals surface area contributed by atoms with Crippen LogP contribution in [0.25, 0.3) is 0 Å². The predicted octanol–water partition coefficient (Wildman–Crippen LogP) is 4.17. The Labute approximate surface area is 155 Å². The first-order valence-corrected chi connectivity index (χ1v) is 8.99. The maximum Gasteiger partial charge on any atom is 0.336 e. The molecule has 1 aliphatic heterocycles. The van der Waals surface area contributed by atoms with Crippen molar-refractivity contribution in [3.8, 4) is 0 Å². The Bertz CT molecular complexity index is 670. The molecule has 0 radical (unpaired) electrons. The number of carboxylic acids is 1. The number of carboxylic acid groups (broad SMARTS) is 1. The van der Waals surface area contributed by atoms with Gasteiger partial charge in [0.05, 0.1) is 5.57 Å². The third-order valence-electron chi connectivity index (χ3n) is 5.68. The molecule has 1 aliphatic carbocycles. The van der Waals surface area contributed by atoms with Crippen LogP contribution in [-0.2, 0) is 19.1 Å². The van der Waals surface area contributed by atoms with Crippen LogP contribution >= 0.6 is 0 Å². The van der Waals surface area contributed by atoms with Crippen LogP contribution in [0.5, 0.6) is 0 Å². The molecule has 2 rings (SSSR count). The monoisotopic (exact) mass is 360 g/mol. The molecule has 2 aliphatic rings. The quantitative estimate of drug-likeness (QED) is 0.745. The average molecular weight is 360 g/mol. The molecule has 1 N–H and O–H groups in total. The van der Waals surface area contributed by atoms with E-state index >= 15 is 0 Å². The third kappa shape index (κ3) is 4.73. The molecule has 0 aromatic heterocycles. The number of ether oxygens (including phenoxy) is 2. The number of hydrogen-bond donors (Lipinski definition) is 1. The molecule has 1 heterocycles. The third-order valence-corrected chi connectivity index (χ3v) is 5.68. The molecule has 3 atom stereocenters. The summed E-state index contributed by atoms with van der Waals surface area (Å²) in [6.45, 7) is 8.35. The van der Waals surface area contributed by atoms with Crippen LogP contribution in [0.15, 0.2) is 47.6 Å². The van der Waals surface area contributed by atoms with E-state index in [9.17, 15) is 14.7 Å². The van der Waals surface area contributed by atoms with Crippen molar-refractivity contribution in [3.05, 3.63) is 47.6 Å². The minimum Gasteiger partial charge on any atom is -0.478 e. The minimum atomic E-state index is -0.935. The predicted molar refractivity (Wildman–Crippen MR) is 99.3 cm³/mol. The van der Waals surface area contributed by atoms with E-state index in [0.29, 0.717) is 29.9 Å². The molecule has 0 aromatic carbocycles. The highest BCUT2D eigenvalue weighted by Gasteiger charge is 2.33. The lowest BCUT2D eigenvalue weighted by atomic mass is 9.69. The fourth-order valence-electron chi connectivity index (χ4n) is 3.43. The van der Waals surface area contributed by atoms with Crippen molar-refractivity contribution in [3.63, 3.8) is 0 Å². The highest BCUT2D eigenvalue weighted by atomic mass is 16.7. The number of cyclic esters (lactones) is 1. The fraction of sp³-hybridized carbons (Fsp3) is 0.524. The Hall–Kier alpha value is -2.14. The van der Waals surface area contributed by atoms with E-state index in [1.807, 2.05) is 6.08 Å². The van der Waals surface area contributed by atoms with Gasteiger partial charge >= 0.3 is 11.9 Å². The molecule has 5 heteroatoms. The summed E-state index contributed by atoms with van der Waals surface area (Å²) in [6, 6.07) is 0. The van der Waals surface area contributed by atoms with Crippen molar-refractivity contribution in [2.45, 2.75) is 52.2 Å². The average Bonchev–Trinajstić information content (AvgIpc) is 2.96. The van der Waals surface area contributed by atoms with E-state index in [1.54, 1.807) is 18.2 Å². The first-order valence-electron chi connectivity index (χ1n) is 8.99. The van der Waals surface area contributed by atoms with E-state index in [1.165, 1.54) is 7.11 Å². The molecule has 0 unspecified atom stereocenters.